The normalized spacial score (nSPS) is 23.7. The maximum absolute atomic E-state index is 16.3. The van der Waals surface area contributed by atoms with Gasteiger partial charge in [-0.05, 0) is 222 Å². The van der Waals surface area contributed by atoms with E-state index in [1.54, 1.807) is 34.3 Å². The number of ether oxygens (including phenoxy) is 1. The highest BCUT2D eigenvalue weighted by Gasteiger charge is 2.77. The lowest BCUT2D eigenvalue weighted by molar-refractivity contribution is -0.230. The summed E-state index contributed by atoms with van der Waals surface area (Å²) in [5.74, 6) is -11.8. The lowest BCUT2D eigenvalue weighted by atomic mass is 9.40. The van der Waals surface area contributed by atoms with Gasteiger partial charge in [-0.3, -0.25) is 19.2 Å². The van der Waals surface area contributed by atoms with Crippen molar-refractivity contribution in [3.8, 4) is 0 Å². The molecule has 20 nitrogen and oxygen atoms in total. The fourth-order valence-electron chi connectivity index (χ4n) is 18.4. The van der Waals surface area contributed by atoms with Crippen LogP contribution < -0.4 is 0 Å². The molecule has 0 aromatic rings. The van der Waals surface area contributed by atoms with E-state index >= 15 is 19.2 Å². The molecule has 3 atom stereocenters. The summed E-state index contributed by atoms with van der Waals surface area (Å²) in [5, 5.41) is 38.8. The van der Waals surface area contributed by atoms with Crippen molar-refractivity contribution in [1.82, 2.24) is 39.2 Å². The molecule has 3 N–H and O–H groups in total. The third kappa shape index (κ3) is 12.7. The SMILES string of the molecule is CCN(CC)C(=O)N1C(C)(C)CC(OC(=O)CC(C(=O)O)(C2CC(C)(C)N(C(=O)N(CC)CC)C(C)(C)C2)C(C(=O)O)(C2CC(C)(C)N(C(=O)N(CC)CC)C(C)(C)C2)C(C(=O)O)C2CC(C)(C)N(C(=O)N(CC)CC)C(C)(C)C2)CC1(C)C. The molecule has 20 heteroatoms. The molecule has 0 aromatic carbocycles. The van der Waals surface area contributed by atoms with Gasteiger partial charge in [-0.25, -0.2) is 19.2 Å². The minimum Gasteiger partial charge on any atom is -0.481 e. The maximum Gasteiger partial charge on any atom is 0.320 e. The number of rotatable bonds is 19. The van der Waals surface area contributed by atoms with E-state index in [9.17, 15) is 34.5 Å². The molecular weight excluding hydrogens is 1070 g/mol. The Morgan fingerprint density at radius 1 is 0.405 bits per heavy atom. The van der Waals surface area contributed by atoms with Crippen LogP contribution in [0.25, 0.3) is 0 Å². The Bertz CT molecular complexity index is 2360. The van der Waals surface area contributed by atoms with Crippen molar-refractivity contribution in [3.05, 3.63) is 0 Å². The number of hydrogen-bond acceptors (Lipinski definition) is 9. The highest BCUT2D eigenvalue weighted by atomic mass is 16.5. The van der Waals surface area contributed by atoms with Crippen LogP contribution in [-0.2, 0) is 23.9 Å². The van der Waals surface area contributed by atoms with Crippen molar-refractivity contribution >= 4 is 48.0 Å². The largest absolute Gasteiger partial charge is 0.481 e. The Morgan fingerprint density at radius 2 is 0.655 bits per heavy atom. The average molecular weight is 1190 g/mol. The number of hydrogen-bond donors (Lipinski definition) is 3. The predicted molar refractivity (Wildman–Crippen MR) is 326 cm³/mol. The Morgan fingerprint density at radius 3 is 0.893 bits per heavy atom. The van der Waals surface area contributed by atoms with E-state index < -0.39 is 115 Å². The molecule has 84 heavy (non-hydrogen) atoms. The van der Waals surface area contributed by atoms with Crippen molar-refractivity contribution in [3.63, 3.8) is 0 Å². The van der Waals surface area contributed by atoms with E-state index in [0.29, 0.717) is 52.4 Å². The van der Waals surface area contributed by atoms with E-state index in [-0.39, 0.29) is 75.5 Å². The first kappa shape index (κ1) is 71.4. The number of amides is 8. The molecule has 0 aromatic heterocycles. The number of carboxylic acid groups (broad SMARTS) is 3. The summed E-state index contributed by atoms with van der Waals surface area (Å²) in [5.41, 5.74) is -14.7. The van der Waals surface area contributed by atoms with E-state index in [2.05, 4.69) is 0 Å². The van der Waals surface area contributed by atoms with Gasteiger partial charge in [0.15, 0.2) is 0 Å². The highest BCUT2D eigenvalue weighted by molar-refractivity contribution is 5.95. The topological polar surface area (TPSA) is 232 Å². The molecule has 4 saturated heterocycles. The molecule has 4 fully saturated rings. The number of urea groups is 4. The Kier molecular flexibility index (Phi) is 21.2. The zero-order chi connectivity index (χ0) is 64.9. The molecule has 0 aliphatic carbocycles. The van der Waals surface area contributed by atoms with E-state index in [0.717, 1.165) is 0 Å². The average Bonchev–Trinajstić information content (AvgIpc) is 0.857. The van der Waals surface area contributed by atoms with Gasteiger partial charge in [0, 0.05) is 110 Å². The molecule has 4 rings (SSSR count). The summed E-state index contributed by atoms with van der Waals surface area (Å²) in [4.78, 5) is 136. The summed E-state index contributed by atoms with van der Waals surface area (Å²) in [6, 6.07) is -1.07. The van der Waals surface area contributed by atoms with Gasteiger partial charge in [0.05, 0.1) is 17.8 Å². The zero-order valence-corrected chi connectivity index (χ0v) is 56.5. The van der Waals surface area contributed by atoms with Crippen LogP contribution in [0.2, 0.25) is 0 Å². The number of esters is 1. The van der Waals surface area contributed by atoms with Crippen molar-refractivity contribution in [2.45, 2.75) is 274 Å². The Hall–Kier alpha value is -5.04. The lowest BCUT2D eigenvalue weighted by Gasteiger charge is -2.66. The van der Waals surface area contributed by atoms with Crippen molar-refractivity contribution < 1.29 is 58.4 Å². The third-order valence-electron chi connectivity index (χ3n) is 20.5. The van der Waals surface area contributed by atoms with Gasteiger partial charge in [0.1, 0.15) is 11.5 Å². The molecule has 4 aliphatic heterocycles. The van der Waals surface area contributed by atoms with Crippen LogP contribution in [0.15, 0.2) is 0 Å². The van der Waals surface area contributed by atoms with Crippen LogP contribution in [0.4, 0.5) is 19.2 Å². The first-order valence-electron chi connectivity index (χ1n) is 31.5. The fourth-order valence-corrected chi connectivity index (χ4v) is 18.4. The molecule has 0 saturated carbocycles. The first-order valence-corrected chi connectivity index (χ1v) is 31.5. The van der Waals surface area contributed by atoms with Gasteiger partial charge in [-0.1, -0.05) is 0 Å². The van der Waals surface area contributed by atoms with E-state index in [4.69, 9.17) is 4.74 Å². The monoisotopic (exact) mass is 1190 g/mol. The number of aliphatic carboxylic acids is 3. The van der Waals surface area contributed by atoms with Crippen LogP contribution in [-0.4, -0.2) is 205 Å². The molecular formula is C64H114N8O12. The molecule has 0 spiro atoms. The number of carboxylic acids is 3. The van der Waals surface area contributed by atoms with E-state index in [1.165, 1.54) is 0 Å². The Labute approximate surface area is 505 Å². The third-order valence-corrected chi connectivity index (χ3v) is 20.5. The van der Waals surface area contributed by atoms with Crippen LogP contribution in [0, 0.1) is 34.5 Å². The number of carbonyl (C=O) groups excluding carboxylic acids is 5. The summed E-state index contributed by atoms with van der Waals surface area (Å²) in [6.07, 6.45) is -2.43. The number of carbonyl (C=O) groups is 8. The van der Waals surface area contributed by atoms with Gasteiger partial charge < -0.3 is 59.3 Å². The zero-order valence-electron chi connectivity index (χ0n) is 56.5. The van der Waals surface area contributed by atoms with Gasteiger partial charge in [-0.2, -0.15) is 0 Å². The molecule has 4 heterocycles. The fraction of sp³-hybridized carbons (Fsp3) is 0.875. The van der Waals surface area contributed by atoms with Crippen LogP contribution in [0.5, 0.6) is 0 Å². The molecule has 4 aliphatic rings. The van der Waals surface area contributed by atoms with Crippen LogP contribution in [0.3, 0.4) is 0 Å². The minimum atomic E-state index is -2.90. The lowest BCUT2D eigenvalue weighted by Crippen LogP contribution is -2.75. The molecule has 8 amide bonds. The van der Waals surface area contributed by atoms with Gasteiger partial charge >= 0.3 is 48.0 Å². The predicted octanol–water partition coefficient (Wildman–Crippen LogP) is 11.4. The summed E-state index contributed by atoms with van der Waals surface area (Å²) in [7, 11) is 0. The van der Waals surface area contributed by atoms with E-state index in [1.807, 2.05) is 171 Å². The maximum atomic E-state index is 16.3. The second kappa shape index (κ2) is 25.0. The van der Waals surface area contributed by atoms with Crippen LogP contribution in [0.1, 0.15) is 224 Å². The molecule has 482 valence electrons. The first-order chi connectivity index (χ1) is 38.3. The van der Waals surface area contributed by atoms with Crippen molar-refractivity contribution in [2.24, 2.45) is 34.5 Å². The van der Waals surface area contributed by atoms with Gasteiger partial charge in [-0.15, -0.1) is 0 Å². The highest BCUT2D eigenvalue weighted by Crippen LogP contribution is 2.68. The molecule has 0 radical (unpaired) electrons. The van der Waals surface area contributed by atoms with Crippen molar-refractivity contribution in [2.75, 3.05) is 52.4 Å². The number of piperidine rings is 4. The second-order valence-electron chi connectivity index (χ2n) is 30.0. The number of nitrogens with zero attached hydrogens (tertiary/aromatic N) is 8. The minimum absolute atomic E-state index is 0.0512. The summed E-state index contributed by atoms with van der Waals surface area (Å²) < 4.78 is 6.63. The number of likely N-dealkylation sites (tertiary alicyclic amines) is 4. The molecule has 0 bridgehead atoms. The summed E-state index contributed by atoms with van der Waals surface area (Å²) >= 11 is 0. The standard InChI is InChI=1S/C64H114N8O12/c1-25-65(26-2)51(80)69-55(9,10)33-42(34-56(69,11)12)47(48(74)75)64(50(78)79,44-37-59(17,18)71(60(19,20)38-44)53(82)67(29-5)30-6)63(49(76)77,43-35-57(13,14)70(58(15,16)36-43)52(81)66(27-3)28-4)41-46(73)84-45-39-61(21,22)72(62(23,24)40-45)54(83)68(31-7)32-8/h42-45,47H,25-41H2,1-24H3,(H,74,75)(H,76,77)(H,78,79). The Balaban J connectivity index is 2.28. The smallest absolute Gasteiger partial charge is 0.320 e. The van der Waals surface area contributed by atoms with Gasteiger partial charge in [0.25, 0.3) is 0 Å². The van der Waals surface area contributed by atoms with Crippen LogP contribution >= 0.6 is 0 Å². The second-order valence-corrected chi connectivity index (χ2v) is 30.0. The summed E-state index contributed by atoms with van der Waals surface area (Å²) in [6.45, 7) is 47.7. The van der Waals surface area contributed by atoms with Crippen molar-refractivity contribution in [1.29, 1.82) is 0 Å². The quantitative estimate of drug-likeness (QED) is 0.103. The van der Waals surface area contributed by atoms with Gasteiger partial charge in [0.2, 0.25) is 0 Å². The molecule has 3 unspecified atom stereocenters.